The minimum absolute atomic E-state index is 0. The minimum Gasteiger partial charge on any atom is -0.400 e. The van der Waals surface area contributed by atoms with Crippen LogP contribution >= 0.6 is 11.8 Å². The van der Waals surface area contributed by atoms with Gasteiger partial charge in [0.05, 0.1) is 5.04 Å². The van der Waals surface area contributed by atoms with Crippen LogP contribution in [0, 0.1) is 0 Å². The summed E-state index contributed by atoms with van der Waals surface area (Å²) in [6.45, 7) is 5.09. The fraction of sp³-hybridized carbons (Fsp3) is 0.850. The van der Waals surface area contributed by atoms with Crippen molar-refractivity contribution in [2.75, 3.05) is 74.3 Å². The zero-order chi connectivity index (χ0) is 21.3. The SMILES string of the molecule is C.C.C.C.CN.CN.CN=C1NCCN1.CN=C1NCCN1.CO.CSC1=NCCC1. The van der Waals surface area contributed by atoms with Crippen molar-refractivity contribution in [3.63, 3.8) is 0 Å². The van der Waals surface area contributed by atoms with Crippen LogP contribution in [0.25, 0.3) is 0 Å². The van der Waals surface area contributed by atoms with Crippen LogP contribution in [0.2, 0.25) is 0 Å². The average molecular weight is 472 g/mol. The highest BCUT2D eigenvalue weighted by Crippen LogP contribution is 2.11. The van der Waals surface area contributed by atoms with Gasteiger partial charge in [-0.15, -0.1) is 11.8 Å². The van der Waals surface area contributed by atoms with Crippen molar-refractivity contribution < 1.29 is 5.11 Å². The Balaban J connectivity index is -0.0000000470. The van der Waals surface area contributed by atoms with Crippen LogP contribution in [0.5, 0.6) is 0 Å². The molecule has 2 fully saturated rings. The molecule has 3 aliphatic heterocycles. The van der Waals surface area contributed by atoms with Crippen molar-refractivity contribution >= 4 is 28.7 Å². The zero-order valence-electron chi connectivity index (χ0n) is 17.8. The van der Waals surface area contributed by atoms with E-state index in [4.69, 9.17) is 5.11 Å². The van der Waals surface area contributed by atoms with Crippen LogP contribution in [0.3, 0.4) is 0 Å². The van der Waals surface area contributed by atoms with E-state index in [2.05, 4.69) is 54.0 Å². The Morgan fingerprint density at radius 1 is 0.774 bits per heavy atom. The predicted molar refractivity (Wildman–Crippen MR) is 149 cm³/mol. The lowest BCUT2D eigenvalue weighted by Crippen LogP contribution is -2.23. The van der Waals surface area contributed by atoms with Gasteiger partial charge in [0.25, 0.3) is 0 Å². The first-order chi connectivity index (χ1) is 13.3. The van der Waals surface area contributed by atoms with Gasteiger partial charge in [0.1, 0.15) is 0 Å². The zero-order valence-corrected chi connectivity index (χ0v) is 18.6. The second kappa shape index (κ2) is 42.5. The van der Waals surface area contributed by atoms with Gasteiger partial charge in [-0.1, -0.05) is 29.7 Å². The molecule has 0 amide bonds. The van der Waals surface area contributed by atoms with E-state index in [0.717, 1.165) is 51.8 Å². The van der Waals surface area contributed by atoms with Crippen LogP contribution in [0.1, 0.15) is 42.5 Å². The number of nitrogens with one attached hydrogen (secondary N) is 4. The summed E-state index contributed by atoms with van der Waals surface area (Å²) in [5, 5.41) is 20.5. The number of nitrogens with two attached hydrogens (primary N) is 2. The number of nitrogens with zero attached hydrogens (tertiary/aromatic N) is 3. The largest absolute Gasteiger partial charge is 0.400 e. The molecule has 0 radical (unpaired) electrons. The summed E-state index contributed by atoms with van der Waals surface area (Å²) in [6.07, 6.45) is 4.58. The predicted octanol–water partition coefficient (Wildman–Crippen LogP) is 1.17. The fourth-order valence-electron chi connectivity index (χ4n) is 1.84. The van der Waals surface area contributed by atoms with E-state index < -0.39 is 0 Å². The smallest absolute Gasteiger partial charge is 0.191 e. The molecule has 0 aromatic carbocycles. The Kier molecular flexibility index (Phi) is 64.9. The van der Waals surface area contributed by atoms with Gasteiger partial charge < -0.3 is 37.8 Å². The van der Waals surface area contributed by atoms with E-state index in [1.54, 1.807) is 25.9 Å². The summed E-state index contributed by atoms with van der Waals surface area (Å²) in [6, 6.07) is 0. The third-order valence-corrected chi connectivity index (χ3v) is 3.74. The minimum atomic E-state index is 0. The molecule has 0 bridgehead atoms. The number of guanidine groups is 2. The number of aliphatic hydroxyl groups is 1. The van der Waals surface area contributed by atoms with Gasteiger partial charge in [0.15, 0.2) is 11.9 Å². The molecule has 3 heterocycles. The lowest BCUT2D eigenvalue weighted by atomic mass is 10.4. The first-order valence-corrected chi connectivity index (χ1v) is 10.1. The molecule has 0 unspecified atom stereocenters. The third-order valence-electron chi connectivity index (χ3n) is 2.94. The molecule has 3 rings (SSSR count). The number of aliphatic imine (C=N–C) groups is 3. The number of hydrogen-bond acceptors (Lipinski definition) is 7. The molecule has 2 saturated heterocycles. The molecular weight excluding hydrogens is 414 g/mol. The summed E-state index contributed by atoms with van der Waals surface area (Å²) in [4.78, 5) is 12.0. The van der Waals surface area contributed by atoms with E-state index in [0.29, 0.717) is 0 Å². The van der Waals surface area contributed by atoms with Crippen molar-refractivity contribution in [2.24, 2.45) is 26.4 Å². The second-order valence-corrected chi connectivity index (χ2v) is 5.31. The van der Waals surface area contributed by atoms with Crippen molar-refractivity contribution in [3.8, 4) is 0 Å². The highest BCUT2D eigenvalue weighted by molar-refractivity contribution is 8.13. The lowest BCUT2D eigenvalue weighted by Gasteiger charge is -1.90. The summed E-state index contributed by atoms with van der Waals surface area (Å²) < 4.78 is 0. The highest BCUT2D eigenvalue weighted by atomic mass is 32.2. The van der Waals surface area contributed by atoms with Crippen molar-refractivity contribution in [1.82, 2.24) is 21.3 Å². The standard InChI is InChI=1S/C5H9NS.2C4H9N3.2CH5N.CH4O.4CH4/c1-7-5-3-2-4-6-5;2*1-5-4-6-2-3-7-4;3*1-2;;;;/h2-4H2,1H3;2*2-3H2,1H3,(H2,5,6,7);2*2H2,1H3;2H,1H3;4*1H4. The fourth-order valence-corrected chi connectivity index (χ4v) is 2.41. The molecular formula is C20H57N9OS. The average Bonchev–Trinajstić information content (AvgIpc) is 3.56. The van der Waals surface area contributed by atoms with Gasteiger partial charge >= 0.3 is 0 Å². The first-order valence-electron chi connectivity index (χ1n) is 8.86. The molecule has 0 aromatic rings. The maximum atomic E-state index is 7.00. The molecule has 10 nitrogen and oxygen atoms in total. The monoisotopic (exact) mass is 471 g/mol. The molecule has 0 spiro atoms. The Morgan fingerprint density at radius 3 is 1.23 bits per heavy atom. The molecule has 11 heteroatoms. The molecule has 31 heavy (non-hydrogen) atoms. The van der Waals surface area contributed by atoms with Gasteiger partial charge in [0, 0.05) is 53.9 Å². The van der Waals surface area contributed by atoms with Crippen LogP contribution in [-0.4, -0.2) is 96.3 Å². The molecule has 0 aromatic heterocycles. The number of hydrogen-bond donors (Lipinski definition) is 7. The normalized spacial score (nSPS) is 13.3. The van der Waals surface area contributed by atoms with Crippen molar-refractivity contribution in [1.29, 1.82) is 0 Å². The third kappa shape index (κ3) is 30.7. The maximum Gasteiger partial charge on any atom is 0.191 e. The van der Waals surface area contributed by atoms with Crippen molar-refractivity contribution in [2.45, 2.75) is 42.5 Å². The van der Waals surface area contributed by atoms with Gasteiger partial charge in [-0.2, -0.15) is 0 Å². The van der Waals surface area contributed by atoms with E-state index >= 15 is 0 Å². The quantitative estimate of drug-likeness (QED) is 0.277. The Hall–Kier alpha value is -1.56. The Morgan fingerprint density at radius 2 is 1.10 bits per heavy atom. The van der Waals surface area contributed by atoms with Gasteiger partial charge in [-0.3, -0.25) is 15.0 Å². The Bertz CT molecular complexity index is 353. The summed E-state index contributed by atoms with van der Waals surface area (Å²) in [5.74, 6) is 1.83. The molecule has 9 N–H and O–H groups in total. The van der Waals surface area contributed by atoms with Gasteiger partial charge in [0.2, 0.25) is 0 Å². The molecule has 0 atom stereocenters. The summed E-state index contributed by atoms with van der Waals surface area (Å²) in [7, 11) is 7.53. The van der Waals surface area contributed by atoms with Crippen LogP contribution in [0.15, 0.2) is 15.0 Å². The highest BCUT2D eigenvalue weighted by Gasteiger charge is 2.02. The van der Waals surface area contributed by atoms with Crippen LogP contribution in [-0.2, 0) is 0 Å². The summed E-state index contributed by atoms with van der Waals surface area (Å²) >= 11 is 1.78. The van der Waals surface area contributed by atoms with E-state index in [1.165, 1.54) is 32.0 Å². The maximum absolute atomic E-state index is 7.00. The van der Waals surface area contributed by atoms with E-state index in [1.807, 2.05) is 0 Å². The Labute approximate surface area is 198 Å². The van der Waals surface area contributed by atoms with Crippen LogP contribution < -0.4 is 32.7 Å². The van der Waals surface area contributed by atoms with Gasteiger partial charge in [-0.25, -0.2) is 0 Å². The van der Waals surface area contributed by atoms with E-state index in [9.17, 15) is 0 Å². The van der Waals surface area contributed by atoms with Gasteiger partial charge in [-0.05, 0) is 33.2 Å². The van der Waals surface area contributed by atoms with Crippen molar-refractivity contribution in [3.05, 3.63) is 0 Å². The summed E-state index contributed by atoms with van der Waals surface area (Å²) in [5.41, 5.74) is 9.00. The molecule has 3 aliphatic rings. The lowest BCUT2D eigenvalue weighted by molar-refractivity contribution is 0.399. The van der Waals surface area contributed by atoms with E-state index in [-0.39, 0.29) is 29.7 Å². The number of thioether (sulfide) groups is 1. The topological polar surface area (TPSA) is 157 Å². The first kappa shape index (κ1) is 47.3. The number of aliphatic hydroxyl groups excluding tert-OH is 1. The second-order valence-electron chi connectivity index (χ2n) is 4.43. The molecule has 0 saturated carbocycles. The molecule has 0 aliphatic carbocycles. The number of rotatable bonds is 0. The molecule has 194 valence electrons. The van der Waals surface area contributed by atoms with Crippen LogP contribution in [0.4, 0.5) is 0 Å².